The van der Waals surface area contributed by atoms with E-state index >= 15 is 0 Å². The lowest BCUT2D eigenvalue weighted by Crippen LogP contribution is -2.26. The van der Waals surface area contributed by atoms with Gasteiger partial charge >= 0.3 is 0 Å². The van der Waals surface area contributed by atoms with Crippen molar-refractivity contribution in [1.29, 1.82) is 0 Å². The van der Waals surface area contributed by atoms with Crippen molar-refractivity contribution in [2.75, 3.05) is 18.9 Å². The van der Waals surface area contributed by atoms with Crippen LogP contribution in [-0.2, 0) is 13.0 Å². The Morgan fingerprint density at radius 2 is 2.22 bits per heavy atom. The lowest BCUT2D eigenvalue weighted by atomic mass is 10.2. The number of carbonyl (C=O) groups is 1. The van der Waals surface area contributed by atoms with Crippen LogP contribution in [0.2, 0.25) is 0 Å². The number of likely N-dealkylation sites (N-methyl/N-ethyl adjacent to an activating group) is 1. The number of carbonyl (C=O) groups excluding carboxylic acids is 1. The van der Waals surface area contributed by atoms with Gasteiger partial charge in [-0.05, 0) is 19.2 Å². The molecule has 136 valence electrons. The van der Waals surface area contributed by atoms with Gasteiger partial charge in [0.2, 0.25) is 5.76 Å². The van der Waals surface area contributed by atoms with Crippen molar-refractivity contribution in [1.82, 2.24) is 30.2 Å². The molecule has 0 aliphatic carbocycles. The van der Waals surface area contributed by atoms with Gasteiger partial charge in [-0.25, -0.2) is 4.98 Å². The summed E-state index contributed by atoms with van der Waals surface area (Å²) in [5.41, 5.74) is 3.94. The Balaban J connectivity index is 1.45. The fourth-order valence-electron chi connectivity index (χ4n) is 3.34. The third kappa shape index (κ3) is 2.68. The number of rotatable bonds is 3. The van der Waals surface area contributed by atoms with Crippen molar-refractivity contribution in [3.63, 3.8) is 0 Å². The van der Waals surface area contributed by atoms with Gasteiger partial charge in [-0.2, -0.15) is 5.10 Å². The third-order valence-electron chi connectivity index (χ3n) is 4.74. The number of hydrogen-bond acceptors (Lipinski definition) is 6. The van der Waals surface area contributed by atoms with E-state index < -0.39 is 0 Å². The number of benzene rings is 1. The topological polar surface area (TPSA) is 116 Å². The van der Waals surface area contributed by atoms with Crippen LogP contribution in [-0.4, -0.2) is 49.7 Å². The quantitative estimate of drug-likeness (QED) is 0.514. The number of fused-ring (bicyclic) bond motifs is 2. The summed E-state index contributed by atoms with van der Waals surface area (Å²) in [5, 5.41) is 14.4. The number of nitrogens with one attached hydrogen (secondary N) is 3. The lowest BCUT2D eigenvalue weighted by Gasteiger charge is -2.20. The van der Waals surface area contributed by atoms with Gasteiger partial charge < -0.3 is 19.7 Å². The van der Waals surface area contributed by atoms with Crippen molar-refractivity contribution in [3.05, 3.63) is 47.6 Å². The molecular weight excluding hydrogens is 346 g/mol. The van der Waals surface area contributed by atoms with Gasteiger partial charge in [0.15, 0.2) is 5.82 Å². The van der Waals surface area contributed by atoms with E-state index in [0.29, 0.717) is 28.1 Å². The Morgan fingerprint density at radius 3 is 3.15 bits per heavy atom. The van der Waals surface area contributed by atoms with E-state index in [1.165, 1.54) is 0 Å². The highest BCUT2D eigenvalue weighted by atomic mass is 16.5. The van der Waals surface area contributed by atoms with Crippen molar-refractivity contribution in [2.45, 2.75) is 13.0 Å². The lowest BCUT2D eigenvalue weighted by molar-refractivity contribution is 0.0990. The number of hydrogen-bond donors (Lipinski definition) is 3. The highest BCUT2D eigenvalue weighted by molar-refractivity contribution is 6.11. The van der Waals surface area contributed by atoms with Gasteiger partial charge in [-0.3, -0.25) is 9.89 Å². The van der Waals surface area contributed by atoms with E-state index in [9.17, 15) is 4.79 Å². The molecule has 0 spiro atoms. The number of anilines is 1. The second-order valence-corrected chi connectivity index (χ2v) is 6.64. The predicted molar refractivity (Wildman–Crippen MR) is 98.2 cm³/mol. The summed E-state index contributed by atoms with van der Waals surface area (Å²) in [6.07, 6.45) is 2.45. The minimum atomic E-state index is -0.387. The number of imidazole rings is 1. The van der Waals surface area contributed by atoms with Crippen molar-refractivity contribution in [3.8, 4) is 11.5 Å². The summed E-state index contributed by atoms with van der Waals surface area (Å²) in [6, 6.07) is 7.28. The average molecular weight is 363 g/mol. The van der Waals surface area contributed by atoms with Gasteiger partial charge in [0, 0.05) is 19.5 Å². The SMILES string of the molecule is CN1CCc2nc(-c3[nH]ncc3NC(=O)c3onc4ccccc34)[nH]c2C1. The Bertz CT molecular complexity index is 1140. The normalized spacial score (nSPS) is 14.4. The van der Waals surface area contributed by atoms with Crippen LogP contribution in [0.3, 0.4) is 0 Å². The monoisotopic (exact) mass is 363 g/mol. The highest BCUT2D eigenvalue weighted by Gasteiger charge is 2.22. The van der Waals surface area contributed by atoms with Gasteiger partial charge in [0.05, 0.1) is 28.7 Å². The first-order chi connectivity index (χ1) is 13.2. The summed E-state index contributed by atoms with van der Waals surface area (Å²) < 4.78 is 5.23. The maximum Gasteiger partial charge on any atom is 0.295 e. The van der Waals surface area contributed by atoms with E-state index in [4.69, 9.17) is 4.52 Å². The molecule has 9 heteroatoms. The first-order valence-corrected chi connectivity index (χ1v) is 8.65. The Morgan fingerprint density at radius 1 is 1.33 bits per heavy atom. The van der Waals surface area contributed by atoms with Gasteiger partial charge in [0.1, 0.15) is 11.2 Å². The molecule has 27 heavy (non-hydrogen) atoms. The molecule has 0 saturated carbocycles. The van der Waals surface area contributed by atoms with Gasteiger partial charge in [0.25, 0.3) is 5.91 Å². The summed E-state index contributed by atoms with van der Waals surface area (Å²) in [5.74, 6) is 0.436. The van der Waals surface area contributed by atoms with E-state index in [0.717, 1.165) is 30.9 Å². The summed E-state index contributed by atoms with van der Waals surface area (Å²) in [6.45, 7) is 1.80. The minimum Gasteiger partial charge on any atom is -0.350 e. The van der Waals surface area contributed by atoms with E-state index in [1.807, 2.05) is 12.1 Å². The number of nitrogens with zero attached hydrogens (tertiary/aromatic N) is 4. The molecule has 1 amide bonds. The average Bonchev–Trinajstić information content (AvgIpc) is 3.38. The zero-order valence-corrected chi connectivity index (χ0v) is 14.6. The largest absolute Gasteiger partial charge is 0.350 e. The van der Waals surface area contributed by atoms with E-state index in [2.05, 4.69) is 42.6 Å². The first kappa shape index (κ1) is 15.8. The van der Waals surface area contributed by atoms with Crippen molar-refractivity contribution in [2.24, 2.45) is 0 Å². The molecular formula is C18H17N7O2. The number of aromatic nitrogens is 5. The fraction of sp³-hybridized carbons (Fsp3) is 0.222. The molecule has 1 aliphatic rings. The zero-order valence-electron chi connectivity index (χ0n) is 14.6. The smallest absolute Gasteiger partial charge is 0.295 e. The molecule has 0 fully saturated rings. The molecule has 0 bridgehead atoms. The van der Waals surface area contributed by atoms with Crippen LogP contribution in [0.1, 0.15) is 21.9 Å². The molecule has 1 aromatic carbocycles. The van der Waals surface area contributed by atoms with Crippen LogP contribution >= 0.6 is 0 Å². The molecule has 3 aromatic heterocycles. The number of H-pyrrole nitrogens is 2. The highest BCUT2D eigenvalue weighted by Crippen LogP contribution is 2.27. The Hall–Kier alpha value is -3.46. The molecule has 4 aromatic rings. The molecule has 4 heterocycles. The molecule has 0 unspecified atom stereocenters. The first-order valence-electron chi connectivity index (χ1n) is 8.65. The molecule has 9 nitrogen and oxygen atoms in total. The Kier molecular flexibility index (Phi) is 3.54. The minimum absolute atomic E-state index is 0.165. The summed E-state index contributed by atoms with van der Waals surface area (Å²) in [7, 11) is 2.08. The third-order valence-corrected chi connectivity index (χ3v) is 4.74. The van der Waals surface area contributed by atoms with Crippen LogP contribution in [0.5, 0.6) is 0 Å². The van der Waals surface area contributed by atoms with Crippen LogP contribution in [0, 0.1) is 0 Å². The second-order valence-electron chi connectivity index (χ2n) is 6.64. The van der Waals surface area contributed by atoms with Crippen molar-refractivity contribution >= 4 is 22.5 Å². The van der Waals surface area contributed by atoms with E-state index in [-0.39, 0.29) is 11.7 Å². The van der Waals surface area contributed by atoms with Gasteiger partial charge in [-0.1, -0.05) is 17.3 Å². The van der Waals surface area contributed by atoms with Crippen LogP contribution < -0.4 is 5.32 Å². The molecule has 0 atom stereocenters. The molecule has 5 rings (SSSR count). The molecule has 0 radical (unpaired) electrons. The van der Waals surface area contributed by atoms with Gasteiger partial charge in [-0.15, -0.1) is 0 Å². The zero-order chi connectivity index (χ0) is 18.4. The fourth-order valence-corrected chi connectivity index (χ4v) is 3.34. The summed E-state index contributed by atoms with van der Waals surface area (Å²) >= 11 is 0. The molecule has 3 N–H and O–H groups in total. The maximum atomic E-state index is 12.7. The number of aromatic amines is 2. The molecule has 0 saturated heterocycles. The van der Waals surface area contributed by atoms with E-state index in [1.54, 1.807) is 18.3 Å². The predicted octanol–water partition coefficient (Wildman–Crippen LogP) is 2.18. The standard InChI is InChI=1S/C18H17N7O2/c1-25-7-6-12-14(9-25)21-17(20-12)15-13(8-19-23-15)22-18(26)16-10-4-2-3-5-11(10)24-27-16/h2-5,8H,6-7,9H2,1H3,(H,19,23)(H,20,21)(H,22,26). The number of amides is 1. The molecule has 1 aliphatic heterocycles. The second kappa shape index (κ2) is 6.06. The maximum absolute atomic E-state index is 12.7. The van der Waals surface area contributed by atoms with Crippen molar-refractivity contribution < 1.29 is 9.32 Å². The van der Waals surface area contributed by atoms with Crippen LogP contribution in [0.4, 0.5) is 5.69 Å². The Labute approximate surface area is 153 Å². The van der Waals surface area contributed by atoms with Crippen LogP contribution in [0.25, 0.3) is 22.4 Å². The van der Waals surface area contributed by atoms with Crippen LogP contribution in [0.15, 0.2) is 35.0 Å². The summed E-state index contributed by atoms with van der Waals surface area (Å²) in [4.78, 5) is 22.9.